The number of methoxy groups -OCH3 is 1. The molecule has 0 aliphatic carbocycles. The highest BCUT2D eigenvalue weighted by Crippen LogP contribution is 2.13. The van der Waals surface area contributed by atoms with Crippen LogP contribution >= 0.6 is 0 Å². The number of H-pyrrole nitrogens is 1. The Morgan fingerprint density at radius 1 is 1.58 bits per heavy atom. The molecule has 0 amide bonds. The molecule has 1 unspecified atom stereocenters. The number of aliphatic hydroxyl groups is 1. The van der Waals surface area contributed by atoms with E-state index < -0.39 is 6.10 Å². The van der Waals surface area contributed by atoms with Crippen LogP contribution in [0.15, 0.2) is 16.9 Å². The Bertz CT molecular complexity index is 316. The van der Waals surface area contributed by atoms with Crippen molar-refractivity contribution in [3.05, 3.63) is 28.0 Å². The van der Waals surface area contributed by atoms with Crippen molar-refractivity contribution in [3.8, 4) is 5.88 Å². The van der Waals surface area contributed by atoms with Crippen LogP contribution in [0.25, 0.3) is 0 Å². The monoisotopic (exact) mass is 169 g/mol. The second kappa shape index (κ2) is 3.40. The number of aromatic amines is 1. The zero-order valence-electron chi connectivity index (χ0n) is 7.00. The predicted molar refractivity (Wildman–Crippen MR) is 44.2 cm³/mol. The minimum absolute atomic E-state index is 0.273. The van der Waals surface area contributed by atoms with Crippen LogP contribution in [0.5, 0.6) is 5.88 Å². The topological polar surface area (TPSA) is 62.3 Å². The van der Waals surface area contributed by atoms with Crippen LogP contribution in [0.1, 0.15) is 18.6 Å². The summed E-state index contributed by atoms with van der Waals surface area (Å²) in [4.78, 5) is 13.4. The summed E-state index contributed by atoms with van der Waals surface area (Å²) in [6.45, 7) is 1.59. The van der Waals surface area contributed by atoms with E-state index in [1.54, 1.807) is 13.0 Å². The molecule has 0 aliphatic heterocycles. The number of hydrogen-bond donors (Lipinski definition) is 2. The fraction of sp³-hybridized carbons (Fsp3) is 0.375. The van der Waals surface area contributed by atoms with Gasteiger partial charge in [0.25, 0.3) is 5.56 Å². The average Bonchev–Trinajstić information content (AvgIpc) is 2.03. The SMILES string of the molecule is COc1cc(C(C)O)cc(=O)[nH]1. The smallest absolute Gasteiger partial charge is 0.251 e. The van der Waals surface area contributed by atoms with Gasteiger partial charge in [-0.05, 0) is 12.5 Å². The lowest BCUT2D eigenvalue weighted by Crippen LogP contribution is -2.08. The van der Waals surface area contributed by atoms with Crippen molar-refractivity contribution >= 4 is 0 Å². The standard InChI is InChI=1S/C8H11NO3/c1-5(10)6-3-7(11)9-8(4-6)12-2/h3-5,10H,1-2H3,(H,9,11). The first-order valence-corrected chi connectivity index (χ1v) is 3.60. The fourth-order valence-electron chi connectivity index (χ4n) is 0.889. The molecule has 1 heterocycles. The third-order valence-electron chi connectivity index (χ3n) is 1.54. The minimum Gasteiger partial charge on any atom is -0.482 e. The summed E-state index contributed by atoms with van der Waals surface area (Å²) in [5.74, 6) is 0.360. The van der Waals surface area contributed by atoms with E-state index in [0.717, 1.165) is 0 Å². The predicted octanol–water partition coefficient (Wildman–Crippen LogP) is 0.437. The van der Waals surface area contributed by atoms with E-state index in [1.165, 1.54) is 13.2 Å². The summed E-state index contributed by atoms with van der Waals surface area (Å²) in [7, 11) is 1.46. The fourth-order valence-corrected chi connectivity index (χ4v) is 0.889. The quantitative estimate of drug-likeness (QED) is 0.675. The Balaban J connectivity index is 3.15. The van der Waals surface area contributed by atoms with Crippen LogP contribution in [-0.4, -0.2) is 17.2 Å². The van der Waals surface area contributed by atoms with Crippen LogP contribution in [0.3, 0.4) is 0 Å². The Hall–Kier alpha value is -1.29. The molecule has 0 saturated carbocycles. The Labute approximate surface area is 69.8 Å². The molecule has 0 aliphatic rings. The molecule has 12 heavy (non-hydrogen) atoms. The van der Waals surface area contributed by atoms with E-state index >= 15 is 0 Å². The molecule has 0 aromatic carbocycles. The van der Waals surface area contributed by atoms with Gasteiger partial charge in [0.15, 0.2) is 5.88 Å². The van der Waals surface area contributed by atoms with Gasteiger partial charge in [-0.15, -0.1) is 0 Å². The Morgan fingerprint density at radius 2 is 2.25 bits per heavy atom. The number of rotatable bonds is 2. The molecule has 66 valence electrons. The van der Waals surface area contributed by atoms with Crippen LogP contribution in [0, 0.1) is 0 Å². The highest BCUT2D eigenvalue weighted by molar-refractivity contribution is 5.21. The Morgan fingerprint density at radius 3 is 2.75 bits per heavy atom. The maximum atomic E-state index is 10.9. The van der Waals surface area contributed by atoms with Gasteiger partial charge >= 0.3 is 0 Å². The van der Waals surface area contributed by atoms with Gasteiger partial charge in [-0.1, -0.05) is 0 Å². The normalized spacial score (nSPS) is 12.6. The molecule has 0 radical (unpaired) electrons. The van der Waals surface area contributed by atoms with E-state index in [2.05, 4.69) is 4.98 Å². The maximum absolute atomic E-state index is 10.9. The molecule has 4 heteroatoms. The minimum atomic E-state index is -0.652. The van der Waals surface area contributed by atoms with E-state index in [4.69, 9.17) is 9.84 Å². The molecule has 1 aromatic heterocycles. The summed E-state index contributed by atoms with van der Waals surface area (Å²) in [6, 6.07) is 2.93. The van der Waals surface area contributed by atoms with Crippen molar-refractivity contribution in [2.75, 3.05) is 7.11 Å². The van der Waals surface area contributed by atoms with Crippen molar-refractivity contribution in [2.45, 2.75) is 13.0 Å². The van der Waals surface area contributed by atoms with Crippen molar-refractivity contribution in [3.63, 3.8) is 0 Å². The van der Waals surface area contributed by atoms with Crippen molar-refractivity contribution < 1.29 is 9.84 Å². The van der Waals surface area contributed by atoms with Crippen LogP contribution in [-0.2, 0) is 0 Å². The van der Waals surface area contributed by atoms with Gasteiger partial charge in [0.1, 0.15) is 0 Å². The first-order valence-electron chi connectivity index (χ1n) is 3.60. The number of hydrogen-bond acceptors (Lipinski definition) is 3. The second-order valence-corrected chi connectivity index (χ2v) is 2.52. The van der Waals surface area contributed by atoms with Gasteiger partial charge < -0.3 is 9.84 Å². The molecule has 1 aromatic rings. The van der Waals surface area contributed by atoms with Crippen LogP contribution < -0.4 is 10.3 Å². The second-order valence-electron chi connectivity index (χ2n) is 2.52. The van der Waals surface area contributed by atoms with Gasteiger partial charge in [-0.2, -0.15) is 0 Å². The van der Waals surface area contributed by atoms with E-state index in [9.17, 15) is 4.79 Å². The Kier molecular flexibility index (Phi) is 2.50. The van der Waals surface area contributed by atoms with Gasteiger partial charge in [-0.25, -0.2) is 0 Å². The lowest BCUT2D eigenvalue weighted by molar-refractivity contribution is 0.198. The first-order chi connectivity index (χ1) is 5.63. The lowest BCUT2D eigenvalue weighted by Gasteiger charge is -2.05. The van der Waals surface area contributed by atoms with Gasteiger partial charge in [-0.3, -0.25) is 9.78 Å². The summed E-state index contributed by atoms with van der Waals surface area (Å²) in [5.41, 5.74) is 0.279. The number of nitrogens with one attached hydrogen (secondary N) is 1. The molecule has 1 atom stereocenters. The van der Waals surface area contributed by atoms with Crippen molar-refractivity contribution in [1.82, 2.24) is 4.98 Å². The van der Waals surface area contributed by atoms with E-state index in [0.29, 0.717) is 11.4 Å². The first kappa shape index (κ1) is 8.80. The molecule has 2 N–H and O–H groups in total. The van der Waals surface area contributed by atoms with Gasteiger partial charge in [0, 0.05) is 12.1 Å². The average molecular weight is 169 g/mol. The zero-order valence-corrected chi connectivity index (χ0v) is 7.00. The van der Waals surface area contributed by atoms with Crippen molar-refractivity contribution in [1.29, 1.82) is 0 Å². The maximum Gasteiger partial charge on any atom is 0.251 e. The number of aliphatic hydroxyl groups excluding tert-OH is 1. The highest BCUT2D eigenvalue weighted by atomic mass is 16.5. The summed E-state index contributed by atoms with van der Waals surface area (Å²) in [5, 5.41) is 9.16. The molecule has 4 nitrogen and oxygen atoms in total. The highest BCUT2D eigenvalue weighted by Gasteiger charge is 2.03. The van der Waals surface area contributed by atoms with E-state index in [1.807, 2.05) is 0 Å². The zero-order chi connectivity index (χ0) is 9.14. The third kappa shape index (κ3) is 1.85. The van der Waals surface area contributed by atoms with Gasteiger partial charge in [0.05, 0.1) is 13.2 Å². The molecule has 0 saturated heterocycles. The number of ether oxygens (including phenoxy) is 1. The van der Waals surface area contributed by atoms with Crippen molar-refractivity contribution in [2.24, 2.45) is 0 Å². The number of aromatic nitrogens is 1. The summed E-state index contributed by atoms with van der Waals surface area (Å²) >= 11 is 0. The third-order valence-corrected chi connectivity index (χ3v) is 1.54. The molecular weight excluding hydrogens is 158 g/mol. The molecule has 1 rings (SSSR count). The summed E-state index contributed by atoms with van der Waals surface area (Å²) < 4.78 is 4.82. The van der Waals surface area contributed by atoms with E-state index in [-0.39, 0.29) is 5.56 Å². The molecule has 0 bridgehead atoms. The van der Waals surface area contributed by atoms with Gasteiger partial charge in [0.2, 0.25) is 0 Å². The summed E-state index contributed by atoms with van der Waals surface area (Å²) in [6.07, 6.45) is -0.652. The largest absolute Gasteiger partial charge is 0.482 e. The molecular formula is C8H11NO3. The lowest BCUT2D eigenvalue weighted by atomic mass is 10.2. The van der Waals surface area contributed by atoms with Crippen LogP contribution in [0.2, 0.25) is 0 Å². The molecule has 0 fully saturated rings. The van der Waals surface area contributed by atoms with Crippen LogP contribution in [0.4, 0.5) is 0 Å². The molecule has 0 spiro atoms. The number of pyridine rings is 1.